The zero-order valence-electron chi connectivity index (χ0n) is 10.4. The topological polar surface area (TPSA) is 43.0 Å². The van der Waals surface area contributed by atoms with E-state index in [4.69, 9.17) is 4.42 Å². The van der Waals surface area contributed by atoms with E-state index in [9.17, 15) is 0 Å². The van der Waals surface area contributed by atoms with Gasteiger partial charge in [0, 0.05) is 31.9 Å². The van der Waals surface area contributed by atoms with Crippen LogP contribution in [0.5, 0.6) is 0 Å². The quantitative estimate of drug-likeness (QED) is 0.833. The first-order valence-electron chi connectivity index (χ1n) is 6.08. The summed E-state index contributed by atoms with van der Waals surface area (Å²) in [7, 11) is 0. The molecule has 4 nitrogen and oxygen atoms in total. The number of hydrogen-bond donors (Lipinski definition) is 1. The summed E-state index contributed by atoms with van der Waals surface area (Å²) in [5.41, 5.74) is 0. The molecule has 0 spiro atoms. The number of imidazole rings is 1. The average Bonchev–Trinajstić information content (AvgIpc) is 2.99. The fourth-order valence-corrected chi connectivity index (χ4v) is 1.90. The van der Waals surface area contributed by atoms with E-state index in [1.165, 1.54) is 0 Å². The zero-order valence-corrected chi connectivity index (χ0v) is 10.4. The molecule has 0 amide bonds. The minimum absolute atomic E-state index is 0.249. The summed E-state index contributed by atoms with van der Waals surface area (Å²) >= 11 is 0. The van der Waals surface area contributed by atoms with Gasteiger partial charge in [0.05, 0.1) is 12.3 Å². The Labute approximate surface area is 102 Å². The molecule has 2 aromatic heterocycles. The summed E-state index contributed by atoms with van der Waals surface area (Å²) in [4.78, 5) is 4.30. The second-order valence-corrected chi connectivity index (χ2v) is 4.08. The lowest BCUT2D eigenvalue weighted by atomic mass is 10.2. The third-order valence-corrected chi connectivity index (χ3v) is 2.89. The van der Waals surface area contributed by atoms with Gasteiger partial charge in [0.25, 0.3) is 0 Å². The maximum absolute atomic E-state index is 5.35. The number of nitrogens with zero attached hydrogens (tertiary/aromatic N) is 2. The molecule has 2 aromatic rings. The van der Waals surface area contributed by atoms with E-state index in [-0.39, 0.29) is 6.04 Å². The maximum Gasteiger partial charge on any atom is 0.120 e. The van der Waals surface area contributed by atoms with Crippen molar-refractivity contribution in [3.05, 3.63) is 42.4 Å². The predicted octanol–water partition coefficient (Wildman–Crippen LogP) is 2.39. The van der Waals surface area contributed by atoms with E-state index in [0.29, 0.717) is 0 Å². The Hall–Kier alpha value is -1.55. The van der Waals surface area contributed by atoms with Crippen LogP contribution in [0.15, 0.2) is 35.2 Å². The molecule has 17 heavy (non-hydrogen) atoms. The Morgan fingerprint density at radius 1 is 1.53 bits per heavy atom. The first kappa shape index (κ1) is 11.9. The van der Waals surface area contributed by atoms with Gasteiger partial charge < -0.3 is 14.3 Å². The van der Waals surface area contributed by atoms with E-state index >= 15 is 0 Å². The van der Waals surface area contributed by atoms with Crippen molar-refractivity contribution in [2.24, 2.45) is 0 Å². The second-order valence-electron chi connectivity index (χ2n) is 4.08. The molecular weight excluding hydrogens is 214 g/mol. The summed E-state index contributed by atoms with van der Waals surface area (Å²) in [6.07, 6.45) is 6.56. The smallest absolute Gasteiger partial charge is 0.120 e. The van der Waals surface area contributed by atoms with Crippen molar-refractivity contribution in [3.8, 4) is 0 Å². The zero-order chi connectivity index (χ0) is 12.1. The van der Waals surface area contributed by atoms with E-state index < -0.39 is 0 Å². The van der Waals surface area contributed by atoms with E-state index in [1.54, 1.807) is 6.26 Å². The number of aromatic nitrogens is 2. The monoisotopic (exact) mass is 233 g/mol. The van der Waals surface area contributed by atoms with Gasteiger partial charge in [0.15, 0.2) is 0 Å². The molecule has 0 fully saturated rings. The molecule has 2 heterocycles. The minimum atomic E-state index is 0.249. The second kappa shape index (κ2) is 5.68. The van der Waals surface area contributed by atoms with Crippen LogP contribution in [-0.2, 0) is 13.0 Å². The molecule has 0 bridgehead atoms. The van der Waals surface area contributed by atoms with Gasteiger partial charge in [-0.15, -0.1) is 0 Å². The maximum atomic E-state index is 5.35. The van der Waals surface area contributed by atoms with Crippen molar-refractivity contribution in [1.29, 1.82) is 0 Å². The Bertz CT molecular complexity index is 433. The van der Waals surface area contributed by atoms with Crippen LogP contribution < -0.4 is 5.32 Å². The van der Waals surface area contributed by atoms with Crippen molar-refractivity contribution < 1.29 is 4.42 Å². The molecule has 2 rings (SSSR count). The van der Waals surface area contributed by atoms with Crippen molar-refractivity contribution in [1.82, 2.24) is 14.9 Å². The number of nitrogens with one attached hydrogen (secondary N) is 1. The van der Waals surface area contributed by atoms with Crippen LogP contribution in [0, 0.1) is 0 Å². The van der Waals surface area contributed by atoms with E-state index in [2.05, 4.69) is 28.7 Å². The molecule has 92 valence electrons. The Morgan fingerprint density at radius 3 is 3.12 bits per heavy atom. The fourth-order valence-electron chi connectivity index (χ4n) is 1.90. The summed E-state index contributed by atoms with van der Waals surface area (Å²) < 4.78 is 7.53. The predicted molar refractivity (Wildman–Crippen MR) is 66.7 cm³/mol. The van der Waals surface area contributed by atoms with Crippen molar-refractivity contribution in [2.45, 2.75) is 32.9 Å². The molecule has 0 aliphatic rings. The standard InChI is InChI=1S/C13H19N3O/c1-3-13-15-7-9-16(13)8-6-14-11(2)12-5-4-10-17-12/h4-5,7,9-11,14H,3,6,8H2,1-2H3. The molecule has 1 N–H and O–H groups in total. The number of furan rings is 1. The fraction of sp³-hybridized carbons (Fsp3) is 0.462. The highest BCUT2D eigenvalue weighted by atomic mass is 16.3. The normalized spacial score (nSPS) is 12.8. The van der Waals surface area contributed by atoms with Crippen molar-refractivity contribution >= 4 is 0 Å². The first-order chi connectivity index (χ1) is 8.31. The molecule has 1 atom stereocenters. The molecule has 1 unspecified atom stereocenters. The lowest BCUT2D eigenvalue weighted by molar-refractivity contribution is 0.422. The highest BCUT2D eigenvalue weighted by Gasteiger charge is 2.07. The van der Waals surface area contributed by atoms with Crippen LogP contribution in [-0.4, -0.2) is 16.1 Å². The van der Waals surface area contributed by atoms with Crippen LogP contribution in [0.4, 0.5) is 0 Å². The van der Waals surface area contributed by atoms with Crippen molar-refractivity contribution in [3.63, 3.8) is 0 Å². The van der Waals surface area contributed by atoms with Crippen molar-refractivity contribution in [2.75, 3.05) is 6.54 Å². The molecule has 0 aliphatic carbocycles. The Morgan fingerprint density at radius 2 is 2.41 bits per heavy atom. The lowest BCUT2D eigenvalue weighted by Gasteiger charge is -2.12. The highest BCUT2D eigenvalue weighted by molar-refractivity contribution is 5.02. The van der Waals surface area contributed by atoms with Crippen LogP contribution in [0.25, 0.3) is 0 Å². The summed E-state index contributed by atoms with van der Waals surface area (Å²) in [5, 5.41) is 3.43. The first-order valence-corrected chi connectivity index (χ1v) is 6.08. The summed E-state index contributed by atoms with van der Waals surface area (Å²) in [5.74, 6) is 2.11. The van der Waals surface area contributed by atoms with Crippen LogP contribution in [0.1, 0.15) is 31.5 Å². The molecule has 0 aliphatic heterocycles. The number of hydrogen-bond acceptors (Lipinski definition) is 3. The Balaban J connectivity index is 1.80. The third kappa shape index (κ3) is 2.97. The van der Waals surface area contributed by atoms with Crippen LogP contribution in [0.3, 0.4) is 0 Å². The van der Waals surface area contributed by atoms with Crippen LogP contribution in [0.2, 0.25) is 0 Å². The van der Waals surface area contributed by atoms with Gasteiger partial charge in [0.1, 0.15) is 11.6 Å². The summed E-state index contributed by atoms with van der Waals surface area (Å²) in [6, 6.07) is 4.16. The number of aryl methyl sites for hydroxylation is 1. The molecule has 0 aromatic carbocycles. The van der Waals surface area contributed by atoms with Gasteiger partial charge in [0.2, 0.25) is 0 Å². The van der Waals surface area contributed by atoms with E-state index in [1.807, 2.05) is 24.5 Å². The van der Waals surface area contributed by atoms with E-state index in [0.717, 1.165) is 31.1 Å². The summed E-state index contributed by atoms with van der Waals surface area (Å²) in [6.45, 7) is 6.07. The minimum Gasteiger partial charge on any atom is -0.468 e. The molecule has 0 saturated heterocycles. The molecule has 0 radical (unpaired) electrons. The number of rotatable bonds is 6. The van der Waals surface area contributed by atoms with Gasteiger partial charge >= 0.3 is 0 Å². The Kier molecular flexibility index (Phi) is 3.98. The van der Waals surface area contributed by atoms with Gasteiger partial charge in [-0.05, 0) is 19.1 Å². The SMILES string of the molecule is CCc1nccn1CCNC(C)c1ccco1. The lowest BCUT2D eigenvalue weighted by Crippen LogP contribution is -2.23. The van der Waals surface area contributed by atoms with Gasteiger partial charge in [-0.1, -0.05) is 6.92 Å². The van der Waals surface area contributed by atoms with Gasteiger partial charge in [-0.3, -0.25) is 0 Å². The molecular formula is C13H19N3O. The molecule has 4 heteroatoms. The third-order valence-electron chi connectivity index (χ3n) is 2.89. The molecule has 0 saturated carbocycles. The van der Waals surface area contributed by atoms with Gasteiger partial charge in [-0.2, -0.15) is 0 Å². The highest BCUT2D eigenvalue weighted by Crippen LogP contribution is 2.11. The largest absolute Gasteiger partial charge is 0.468 e. The van der Waals surface area contributed by atoms with Gasteiger partial charge in [-0.25, -0.2) is 4.98 Å². The van der Waals surface area contributed by atoms with Crippen LogP contribution >= 0.6 is 0 Å². The average molecular weight is 233 g/mol.